The van der Waals surface area contributed by atoms with E-state index in [-0.39, 0.29) is 23.8 Å². The van der Waals surface area contributed by atoms with Gasteiger partial charge in [-0.05, 0) is 36.5 Å². The van der Waals surface area contributed by atoms with Crippen LogP contribution in [0.5, 0.6) is 5.75 Å². The van der Waals surface area contributed by atoms with Gasteiger partial charge in [0.05, 0.1) is 5.75 Å². The highest BCUT2D eigenvalue weighted by Gasteiger charge is 2.24. The first kappa shape index (κ1) is 17.5. The van der Waals surface area contributed by atoms with Gasteiger partial charge < -0.3 is 10.2 Å². The second-order valence-electron chi connectivity index (χ2n) is 5.38. The van der Waals surface area contributed by atoms with Crippen LogP contribution in [0.3, 0.4) is 0 Å². The lowest BCUT2D eigenvalue weighted by molar-refractivity contribution is -0.138. The highest BCUT2D eigenvalue weighted by Crippen LogP contribution is 2.12. The Morgan fingerprint density at radius 3 is 2.29 bits per heavy atom. The standard InChI is InChI=1S/C14H21NO5S/c1-10(2)7-8-21(19,20)15-13(14(17)18)9-11-3-5-12(16)6-4-11/h3-6,10,13,15-16H,7-9H2,1-2H3,(H,17,18)/t13-/m1/s1. The van der Waals surface area contributed by atoms with E-state index in [4.69, 9.17) is 5.11 Å². The van der Waals surface area contributed by atoms with Gasteiger partial charge in [-0.2, -0.15) is 0 Å². The fraction of sp³-hybridized carbons (Fsp3) is 0.500. The number of hydrogen-bond acceptors (Lipinski definition) is 4. The molecule has 0 saturated heterocycles. The van der Waals surface area contributed by atoms with Gasteiger partial charge >= 0.3 is 5.97 Å². The number of hydrogen-bond donors (Lipinski definition) is 3. The Morgan fingerprint density at radius 2 is 1.81 bits per heavy atom. The average molecular weight is 315 g/mol. The van der Waals surface area contributed by atoms with E-state index in [1.807, 2.05) is 13.8 Å². The van der Waals surface area contributed by atoms with Gasteiger partial charge in [0.2, 0.25) is 10.0 Å². The van der Waals surface area contributed by atoms with E-state index in [0.717, 1.165) is 0 Å². The van der Waals surface area contributed by atoms with Crippen molar-refractivity contribution in [3.05, 3.63) is 29.8 Å². The number of phenolic OH excluding ortho intramolecular Hbond substituents is 1. The number of sulfonamides is 1. The van der Waals surface area contributed by atoms with Crippen molar-refractivity contribution in [1.82, 2.24) is 4.72 Å². The third-order valence-corrected chi connectivity index (χ3v) is 4.38. The number of rotatable bonds is 8. The van der Waals surface area contributed by atoms with Gasteiger partial charge in [-0.25, -0.2) is 13.1 Å². The molecule has 0 unspecified atom stereocenters. The van der Waals surface area contributed by atoms with Gasteiger partial charge in [0, 0.05) is 0 Å². The van der Waals surface area contributed by atoms with Gasteiger partial charge in [-0.3, -0.25) is 4.79 Å². The van der Waals surface area contributed by atoms with Crippen LogP contribution in [0, 0.1) is 5.92 Å². The van der Waals surface area contributed by atoms with Crippen LogP contribution in [-0.2, 0) is 21.2 Å². The molecule has 0 bridgehead atoms. The monoisotopic (exact) mass is 315 g/mol. The van der Waals surface area contributed by atoms with Crippen LogP contribution in [0.4, 0.5) is 0 Å². The van der Waals surface area contributed by atoms with E-state index in [9.17, 15) is 18.3 Å². The van der Waals surface area contributed by atoms with Gasteiger partial charge in [-0.1, -0.05) is 26.0 Å². The lowest BCUT2D eigenvalue weighted by atomic mass is 10.1. The predicted octanol–water partition coefficient (Wildman–Crippen LogP) is 1.35. The Bertz CT molecular complexity index is 566. The fourth-order valence-electron chi connectivity index (χ4n) is 1.71. The van der Waals surface area contributed by atoms with E-state index in [0.29, 0.717) is 12.0 Å². The summed E-state index contributed by atoms with van der Waals surface area (Å²) >= 11 is 0. The molecule has 1 rings (SSSR count). The molecule has 0 aliphatic rings. The summed E-state index contributed by atoms with van der Waals surface area (Å²) in [6.07, 6.45) is 0.497. The topological polar surface area (TPSA) is 104 Å². The van der Waals surface area contributed by atoms with Crippen LogP contribution < -0.4 is 4.72 Å². The first-order chi connectivity index (χ1) is 9.69. The number of aromatic hydroxyl groups is 1. The van der Waals surface area contributed by atoms with Crippen molar-refractivity contribution in [1.29, 1.82) is 0 Å². The van der Waals surface area contributed by atoms with Gasteiger partial charge in [0.15, 0.2) is 0 Å². The molecule has 1 atom stereocenters. The van der Waals surface area contributed by atoms with Crippen molar-refractivity contribution in [3.63, 3.8) is 0 Å². The average Bonchev–Trinajstić information content (AvgIpc) is 2.38. The smallest absolute Gasteiger partial charge is 0.322 e. The Hall–Kier alpha value is -1.60. The third kappa shape index (κ3) is 6.59. The van der Waals surface area contributed by atoms with Crippen molar-refractivity contribution in [2.24, 2.45) is 5.92 Å². The summed E-state index contributed by atoms with van der Waals surface area (Å²) < 4.78 is 26.0. The zero-order valence-electron chi connectivity index (χ0n) is 12.1. The molecule has 3 N–H and O–H groups in total. The SMILES string of the molecule is CC(C)CCS(=O)(=O)N[C@H](Cc1ccc(O)cc1)C(=O)O. The van der Waals surface area contributed by atoms with E-state index in [1.165, 1.54) is 12.1 Å². The molecule has 0 amide bonds. The molecule has 0 fully saturated rings. The lowest BCUT2D eigenvalue weighted by Gasteiger charge is -2.15. The number of phenols is 1. The quantitative estimate of drug-likeness (QED) is 0.672. The molecule has 7 heteroatoms. The van der Waals surface area contributed by atoms with Gasteiger partial charge in [0.25, 0.3) is 0 Å². The summed E-state index contributed by atoms with van der Waals surface area (Å²) in [6, 6.07) is 4.77. The van der Waals surface area contributed by atoms with Crippen LogP contribution in [0.2, 0.25) is 0 Å². The molecule has 0 saturated carbocycles. The van der Waals surface area contributed by atoms with Crippen LogP contribution in [0.25, 0.3) is 0 Å². The first-order valence-electron chi connectivity index (χ1n) is 6.70. The summed E-state index contributed by atoms with van der Waals surface area (Å²) in [5, 5.41) is 18.3. The molecule has 0 aliphatic carbocycles. The summed E-state index contributed by atoms with van der Waals surface area (Å²) in [4.78, 5) is 11.2. The Morgan fingerprint density at radius 1 is 1.24 bits per heavy atom. The highest BCUT2D eigenvalue weighted by molar-refractivity contribution is 7.89. The molecular formula is C14H21NO5S. The molecule has 0 aromatic heterocycles. The molecule has 0 spiro atoms. The summed E-state index contributed by atoms with van der Waals surface area (Å²) in [7, 11) is -3.63. The Kier molecular flexibility index (Phi) is 6.17. The maximum Gasteiger partial charge on any atom is 0.322 e. The largest absolute Gasteiger partial charge is 0.508 e. The normalized spacial score (nSPS) is 13.3. The highest BCUT2D eigenvalue weighted by atomic mass is 32.2. The van der Waals surface area contributed by atoms with E-state index >= 15 is 0 Å². The van der Waals surface area contributed by atoms with Crippen LogP contribution >= 0.6 is 0 Å². The second-order valence-corrected chi connectivity index (χ2v) is 7.25. The minimum atomic E-state index is -3.63. The molecule has 0 aliphatic heterocycles. The number of aliphatic carboxylic acids is 1. The lowest BCUT2D eigenvalue weighted by Crippen LogP contribution is -2.43. The maximum absolute atomic E-state index is 11.9. The first-order valence-corrected chi connectivity index (χ1v) is 8.35. The minimum absolute atomic E-state index is 0.0243. The number of carboxylic acid groups (broad SMARTS) is 1. The predicted molar refractivity (Wildman–Crippen MR) is 79.6 cm³/mol. The second kappa shape index (κ2) is 7.42. The zero-order chi connectivity index (χ0) is 16.0. The third-order valence-electron chi connectivity index (χ3n) is 2.96. The number of carbonyl (C=O) groups is 1. The van der Waals surface area contributed by atoms with Crippen LogP contribution in [0.1, 0.15) is 25.8 Å². The summed E-state index contributed by atoms with van der Waals surface area (Å²) in [5.74, 6) is -1.02. The molecular weight excluding hydrogens is 294 g/mol. The summed E-state index contributed by atoms with van der Waals surface area (Å²) in [5.41, 5.74) is 0.631. The van der Waals surface area contributed by atoms with Crippen molar-refractivity contribution in [2.45, 2.75) is 32.7 Å². The van der Waals surface area contributed by atoms with Crippen molar-refractivity contribution in [2.75, 3.05) is 5.75 Å². The van der Waals surface area contributed by atoms with Crippen molar-refractivity contribution in [3.8, 4) is 5.75 Å². The van der Waals surface area contributed by atoms with Crippen molar-refractivity contribution >= 4 is 16.0 Å². The fourth-order valence-corrected chi connectivity index (χ4v) is 3.23. The zero-order valence-corrected chi connectivity index (χ0v) is 12.9. The maximum atomic E-state index is 11.9. The van der Waals surface area contributed by atoms with Gasteiger partial charge in [-0.15, -0.1) is 0 Å². The van der Waals surface area contributed by atoms with E-state index < -0.39 is 22.0 Å². The number of carboxylic acids is 1. The molecule has 1 aromatic rings. The van der Waals surface area contributed by atoms with E-state index in [2.05, 4.69) is 4.72 Å². The molecule has 6 nitrogen and oxygen atoms in total. The minimum Gasteiger partial charge on any atom is -0.508 e. The number of nitrogens with one attached hydrogen (secondary N) is 1. The van der Waals surface area contributed by atoms with Gasteiger partial charge in [0.1, 0.15) is 11.8 Å². The molecule has 118 valence electrons. The Labute approximate surface area is 124 Å². The Balaban J connectivity index is 2.74. The van der Waals surface area contributed by atoms with Crippen LogP contribution in [0.15, 0.2) is 24.3 Å². The molecule has 0 radical (unpaired) electrons. The summed E-state index contributed by atoms with van der Waals surface area (Å²) in [6.45, 7) is 3.81. The van der Waals surface area contributed by atoms with Crippen molar-refractivity contribution < 1.29 is 23.4 Å². The molecule has 21 heavy (non-hydrogen) atoms. The van der Waals surface area contributed by atoms with E-state index in [1.54, 1.807) is 12.1 Å². The molecule has 0 heterocycles. The van der Waals surface area contributed by atoms with Crippen LogP contribution in [-0.4, -0.2) is 36.4 Å². The molecule has 1 aromatic carbocycles. The number of benzene rings is 1.